The van der Waals surface area contributed by atoms with Crippen LogP contribution in [0.2, 0.25) is 5.02 Å². The maximum absolute atomic E-state index is 6.16. The molecule has 0 radical (unpaired) electrons. The van der Waals surface area contributed by atoms with E-state index in [9.17, 15) is 0 Å². The van der Waals surface area contributed by atoms with E-state index in [0.29, 0.717) is 6.04 Å². The van der Waals surface area contributed by atoms with E-state index in [-0.39, 0.29) is 0 Å². The minimum absolute atomic E-state index is 0.488. The number of hydrogen-bond acceptors (Lipinski definition) is 1. The molecule has 0 N–H and O–H groups in total. The van der Waals surface area contributed by atoms with Crippen LogP contribution < -0.4 is 4.67 Å². The second kappa shape index (κ2) is 3.74. The van der Waals surface area contributed by atoms with Crippen molar-refractivity contribution in [2.45, 2.75) is 24.8 Å². The van der Waals surface area contributed by atoms with E-state index in [2.05, 4.69) is 27.8 Å². The number of allylic oxidation sites excluding steroid dienone is 2. The zero-order valence-electron chi connectivity index (χ0n) is 10.0. The molecule has 3 heteroatoms. The van der Waals surface area contributed by atoms with Crippen molar-refractivity contribution in [2.75, 3.05) is 6.54 Å². The van der Waals surface area contributed by atoms with Gasteiger partial charge in [-0.1, -0.05) is 22.3 Å². The summed E-state index contributed by atoms with van der Waals surface area (Å²) in [5.41, 5.74) is 4.17. The molecule has 3 aliphatic rings. The summed E-state index contributed by atoms with van der Waals surface area (Å²) >= 11 is 6.16. The number of benzene rings is 1. The lowest BCUT2D eigenvalue weighted by molar-refractivity contribution is 0.211. The highest BCUT2D eigenvalue weighted by molar-refractivity contribution is 6.30. The number of nitrogens with zero attached hydrogens (tertiary/aromatic N) is 2. The quantitative estimate of drug-likeness (QED) is 0.707. The van der Waals surface area contributed by atoms with Gasteiger partial charge in [-0.25, -0.2) is 0 Å². The average Bonchev–Trinajstić information content (AvgIpc) is 2.99. The summed E-state index contributed by atoms with van der Waals surface area (Å²) in [5, 5.41) is 0.849. The minimum Gasteiger partial charge on any atom is -0.358 e. The van der Waals surface area contributed by atoms with Crippen molar-refractivity contribution in [3.05, 3.63) is 46.1 Å². The molecule has 0 saturated carbocycles. The molecule has 0 aromatic heterocycles. The summed E-state index contributed by atoms with van der Waals surface area (Å²) in [5.74, 6) is 0.724. The summed E-state index contributed by atoms with van der Waals surface area (Å²) < 4.78 is 4.19. The summed E-state index contributed by atoms with van der Waals surface area (Å²) in [4.78, 5) is 2.48. The van der Waals surface area contributed by atoms with Crippen molar-refractivity contribution in [1.29, 1.82) is 0 Å². The number of fused-ring (bicyclic) bond motifs is 5. The largest absolute Gasteiger partial charge is 0.358 e. The normalized spacial score (nSPS) is 27.6. The summed E-state index contributed by atoms with van der Waals surface area (Å²) in [6.45, 7) is 1.12. The summed E-state index contributed by atoms with van der Waals surface area (Å²) in [7, 11) is 0. The third kappa shape index (κ3) is 1.40. The molecule has 2 nitrogen and oxygen atoms in total. The van der Waals surface area contributed by atoms with Gasteiger partial charge in [-0.2, -0.15) is 0 Å². The fraction of sp³-hybridized carbons (Fsp3) is 0.333. The van der Waals surface area contributed by atoms with Gasteiger partial charge in [-0.05, 0) is 42.0 Å². The van der Waals surface area contributed by atoms with Crippen LogP contribution in [-0.2, 0) is 0 Å². The molecule has 1 aliphatic carbocycles. The molecule has 90 valence electrons. The van der Waals surface area contributed by atoms with Crippen LogP contribution in [0.1, 0.15) is 35.9 Å². The van der Waals surface area contributed by atoms with Crippen molar-refractivity contribution in [3.8, 4) is 0 Å². The molecule has 1 aromatic carbocycles. The van der Waals surface area contributed by atoms with Gasteiger partial charge in [0.1, 0.15) is 5.70 Å². The fourth-order valence-corrected chi connectivity index (χ4v) is 3.69. The maximum atomic E-state index is 6.16. The summed E-state index contributed by atoms with van der Waals surface area (Å²) in [6, 6.07) is 6.88. The monoisotopic (exact) mass is 257 g/mol. The topological polar surface area (TPSA) is 17.3 Å². The van der Waals surface area contributed by atoms with Crippen molar-refractivity contribution < 1.29 is 0 Å². The minimum atomic E-state index is 0.488. The van der Waals surface area contributed by atoms with E-state index in [1.165, 1.54) is 29.7 Å². The van der Waals surface area contributed by atoms with E-state index >= 15 is 0 Å². The lowest BCUT2D eigenvalue weighted by Gasteiger charge is -2.34. The highest BCUT2D eigenvalue weighted by Crippen LogP contribution is 2.50. The van der Waals surface area contributed by atoms with Crippen LogP contribution in [0.3, 0.4) is 0 Å². The van der Waals surface area contributed by atoms with Gasteiger partial charge in [-0.3, -0.25) is 0 Å². The molecule has 2 heterocycles. The fourth-order valence-electron chi connectivity index (χ4n) is 3.51. The zero-order valence-corrected chi connectivity index (χ0v) is 10.8. The number of hydrogen-bond donors (Lipinski definition) is 0. The number of rotatable bonds is 1. The van der Waals surface area contributed by atoms with E-state index in [0.717, 1.165) is 17.5 Å². The van der Waals surface area contributed by atoms with E-state index < -0.39 is 0 Å². The second-order valence-electron chi connectivity index (χ2n) is 5.22. The SMILES string of the molecule is Clc1ccc2c(c1)C1CC2CCN1C1=CC=[N+]=C1. The lowest BCUT2D eigenvalue weighted by atomic mass is 9.95. The maximum Gasteiger partial charge on any atom is 0.315 e. The van der Waals surface area contributed by atoms with Gasteiger partial charge < -0.3 is 4.90 Å². The van der Waals surface area contributed by atoms with Crippen molar-refractivity contribution in [3.63, 3.8) is 0 Å². The van der Waals surface area contributed by atoms with E-state index in [4.69, 9.17) is 11.6 Å². The Kier molecular flexibility index (Phi) is 2.17. The van der Waals surface area contributed by atoms with Gasteiger partial charge in [0.05, 0.1) is 12.1 Å². The van der Waals surface area contributed by atoms with E-state index in [1.54, 1.807) is 0 Å². The first kappa shape index (κ1) is 10.4. The Hall–Kier alpha value is -1.50. The highest BCUT2D eigenvalue weighted by Gasteiger charge is 2.40. The van der Waals surface area contributed by atoms with Crippen LogP contribution in [-0.4, -0.2) is 23.9 Å². The van der Waals surface area contributed by atoms with Crippen molar-refractivity contribution in [2.24, 2.45) is 0 Å². The molecule has 2 unspecified atom stereocenters. The first-order chi connectivity index (χ1) is 8.83. The van der Waals surface area contributed by atoms with Gasteiger partial charge in [0.2, 0.25) is 0 Å². The third-order valence-electron chi connectivity index (χ3n) is 4.32. The van der Waals surface area contributed by atoms with E-state index in [1.807, 2.05) is 18.5 Å². The van der Waals surface area contributed by atoms with Crippen LogP contribution in [0.4, 0.5) is 0 Å². The van der Waals surface area contributed by atoms with Gasteiger partial charge in [-0.15, -0.1) is 0 Å². The standard InChI is InChI=1S/C15H14ClN2/c16-11-1-2-13-10-4-6-18(12-3-5-17-9-12)15(7-10)14(13)8-11/h1-3,5,8-10,15H,4,6-7H2/q+1. The Morgan fingerprint density at radius 3 is 3.06 bits per heavy atom. The predicted octanol–water partition coefficient (Wildman–Crippen LogP) is 2.68. The Bertz CT molecular complexity index is 611. The molecule has 18 heavy (non-hydrogen) atoms. The molecular weight excluding hydrogens is 244 g/mol. The Labute approximate surface area is 111 Å². The Balaban J connectivity index is 1.78. The number of piperidine rings is 1. The van der Waals surface area contributed by atoms with Gasteiger partial charge >= 0.3 is 6.21 Å². The smallest absolute Gasteiger partial charge is 0.315 e. The molecule has 1 aromatic rings. The molecule has 4 rings (SSSR count). The lowest BCUT2D eigenvalue weighted by Crippen LogP contribution is -2.31. The second-order valence-corrected chi connectivity index (χ2v) is 5.66. The molecule has 2 aliphatic heterocycles. The first-order valence-electron chi connectivity index (χ1n) is 6.45. The average molecular weight is 258 g/mol. The van der Waals surface area contributed by atoms with Crippen LogP contribution >= 0.6 is 11.6 Å². The predicted molar refractivity (Wildman–Crippen MR) is 75.2 cm³/mol. The van der Waals surface area contributed by atoms with Crippen LogP contribution in [0.5, 0.6) is 0 Å². The van der Waals surface area contributed by atoms with Crippen LogP contribution in [0, 0.1) is 0 Å². The first-order valence-corrected chi connectivity index (χ1v) is 6.83. The van der Waals surface area contributed by atoms with Gasteiger partial charge in [0.25, 0.3) is 6.21 Å². The molecule has 2 atom stereocenters. The zero-order chi connectivity index (χ0) is 12.1. The molecule has 0 spiro atoms. The molecule has 2 bridgehead atoms. The van der Waals surface area contributed by atoms with Crippen LogP contribution in [0.25, 0.3) is 0 Å². The van der Waals surface area contributed by atoms with Crippen molar-refractivity contribution >= 4 is 24.0 Å². The van der Waals surface area contributed by atoms with Gasteiger partial charge in [0.15, 0.2) is 0 Å². The Morgan fingerprint density at radius 1 is 1.28 bits per heavy atom. The Morgan fingerprint density at radius 2 is 2.22 bits per heavy atom. The van der Waals surface area contributed by atoms with Gasteiger partial charge in [0, 0.05) is 11.6 Å². The summed E-state index contributed by atoms with van der Waals surface area (Å²) in [6.07, 6.45) is 8.39. The van der Waals surface area contributed by atoms with Crippen molar-refractivity contribution in [1.82, 2.24) is 9.57 Å². The van der Waals surface area contributed by atoms with Crippen LogP contribution in [0.15, 0.2) is 30.0 Å². The number of likely N-dealkylation sites (tertiary alicyclic amines) is 1. The molecule has 0 amide bonds. The third-order valence-corrected chi connectivity index (χ3v) is 4.56. The molecule has 1 fully saturated rings. The molecular formula is C15H14ClN2+. The highest BCUT2D eigenvalue weighted by atomic mass is 35.5. The number of halogens is 1. The molecule has 1 saturated heterocycles.